The second-order valence-corrected chi connectivity index (χ2v) is 5.60. The molecule has 0 amide bonds. The van der Waals surface area contributed by atoms with Crippen LogP contribution in [0, 0.1) is 13.8 Å². The van der Waals surface area contributed by atoms with Crippen molar-refractivity contribution in [2.45, 2.75) is 13.8 Å². The van der Waals surface area contributed by atoms with Crippen molar-refractivity contribution in [3.8, 4) is 0 Å². The molecule has 0 saturated carbocycles. The first-order valence-corrected chi connectivity index (χ1v) is 7.55. The molecule has 3 rings (SSSR count). The Morgan fingerprint density at radius 1 is 0.783 bits per heavy atom. The molecule has 0 radical (unpaired) electrons. The molecule has 0 unspecified atom stereocenters. The highest BCUT2D eigenvalue weighted by molar-refractivity contribution is 6.30. The van der Waals surface area contributed by atoms with Gasteiger partial charge in [-0.05, 0) is 49.7 Å². The summed E-state index contributed by atoms with van der Waals surface area (Å²) >= 11 is 5.99. The van der Waals surface area contributed by atoms with Crippen molar-refractivity contribution >= 4 is 34.9 Å². The van der Waals surface area contributed by atoms with Gasteiger partial charge in [-0.1, -0.05) is 29.8 Å². The number of nitrogens with zero attached hydrogens (tertiary/aromatic N) is 3. The zero-order valence-corrected chi connectivity index (χ0v) is 13.6. The van der Waals surface area contributed by atoms with Crippen LogP contribution in [0.4, 0.5) is 23.3 Å². The van der Waals surface area contributed by atoms with Crippen LogP contribution < -0.4 is 10.6 Å². The lowest BCUT2D eigenvalue weighted by Gasteiger charge is -2.09. The molecule has 0 spiro atoms. The normalized spacial score (nSPS) is 10.4. The highest BCUT2D eigenvalue weighted by Gasteiger charge is 2.05. The van der Waals surface area contributed by atoms with Gasteiger partial charge in [-0.15, -0.1) is 0 Å². The lowest BCUT2D eigenvalue weighted by molar-refractivity contribution is 0.989. The fourth-order valence-electron chi connectivity index (χ4n) is 2.14. The Bertz CT molecular complexity index is 769. The molecule has 0 aliphatic rings. The topological polar surface area (TPSA) is 62.7 Å². The van der Waals surface area contributed by atoms with Crippen LogP contribution in [0.2, 0.25) is 5.02 Å². The maximum Gasteiger partial charge on any atom is 0.232 e. The Morgan fingerprint density at radius 2 is 1.39 bits per heavy atom. The summed E-state index contributed by atoms with van der Waals surface area (Å²) in [6.07, 6.45) is 0. The first kappa shape index (κ1) is 15.2. The van der Waals surface area contributed by atoms with Gasteiger partial charge < -0.3 is 10.6 Å². The maximum absolute atomic E-state index is 5.99. The van der Waals surface area contributed by atoms with Crippen molar-refractivity contribution in [3.05, 3.63) is 64.9 Å². The van der Waals surface area contributed by atoms with Crippen LogP contribution in [-0.4, -0.2) is 15.0 Å². The Labute approximate surface area is 139 Å². The predicted octanol–water partition coefficient (Wildman–Crippen LogP) is 4.63. The van der Waals surface area contributed by atoms with Crippen LogP contribution in [0.5, 0.6) is 0 Å². The van der Waals surface area contributed by atoms with E-state index in [0.29, 0.717) is 22.7 Å². The lowest BCUT2D eigenvalue weighted by Crippen LogP contribution is -2.05. The number of rotatable bonds is 4. The zero-order valence-electron chi connectivity index (χ0n) is 12.8. The fourth-order valence-corrected chi connectivity index (χ4v) is 2.33. The zero-order chi connectivity index (χ0) is 16.2. The summed E-state index contributed by atoms with van der Waals surface area (Å²) in [4.78, 5) is 13.0. The minimum atomic E-state index is 0.468. The number of aromatic nitrogens is 3. The van der Waals surface area contributed by atoms with Gasteiger partial charge in [0.1, 0.15) is 5.82 Å². The number of benzene rings is 2. The molecule has 0 aliphatic carbocycles. The number of nitrogens with one attached hydrogen (secondary N) is 2. The molecule has 0 aliphatic heterocycles. The molecular weight excluding hydrogens is 310 g/mol. The highest BCUT2D eigenvalue weighted by Crippen LogP contribution is 2.20. The van der Waals surface area contributed by atoms with Crippen LogP contribution in [0.15, 0.2) is 48.5 Å². The summed E-state index contributed by atoms with van der Waals surface area (Å²) in [6, 6.07) is 15.4. The SMILES string of the molecule is Cc1cccc(Nc2nc(C)nc(Nc3cccc(Cl)c3)n2)c1. The Morgan fingerprint density at radius 3 is 2.00 bits per heavy atom. The third-order valence-corrected chi connectivity index (χ3v) is 3.34. The molecule has 23 heavy (non-hydrogen) atoms. The van der Waals surface area contributed by atoms with Gasteiger partial charge in [-0.2, -0.15) is 15.0 Å². The van der Waals surface area contributed by atoms with E-state index in [1.165, 1.54) is 0 Å². The molecule has 3 aromatic rings. The summed E-state index contributed by atoms with van der Waals surface area (Å²) in [5.74, 6) is 1.59. The highest BCUT2D eigenvalue weighted by atomic mass is 35.5. The number of hydrogen-bond donors (Lipinski definition) is 2. The van der Waals surface area contributed by atoms with Gasteiger partial charge in [0.15, 0.2) is 0 Å². The molecular formula is C17H16ClN5. The van der Waals surface area contributed by atoms with Crippen molar-refractivity contribution in [1.82, 2.24) is 15.0 Å². The number of anilines is 4. The largest absolute Gasteiger partial charge is 0.324 e. The van der Waals surface area contributed by atoms with E-state index in [2.05, 4.69) is 25.6 Å². The molecule has 0 bridgehead atoms. The summed E-state index contributed by atoms with van der Waals surface area (Å²) < 4.78 is 0. The van der Waals surface area contributed by atoms with E-state index in [1.807, 2.05) is 62.4 Å². The van der Waals surface area contributed by atoms with Gasteiger partial charge in [0, 0.05) is 16.4 Å². The van der Waals surface area contributed by atoms with E-state index in [9.17, 15) is 0 Å². The predicted molar refractivity (Wildman–Crippen MR) is 93.8 cm³/mol. The Hall–Kier alpha value is -2.66. The molecule has 2 aromatic carbocycles. The van der Waals surface area contributed by atoms with E-state index in [4.69, 9.17) is 11.6 Å². The van der Waals surface area contributed by atoms with Gasteiger partial charge >= 0.3 is 0 Å². The fraction of sp³-hybridized carbons (Fsp3) is 0.118. The van der Waals surface area contributed by atoms with E-state index in [1.54, 1.807) is 0 Å². The lowest BCUT2D eigenvalue weighted by atomic mass is 10.2. The standard InChI is InChI=1S/C17H16ClN5/c1-11-5-3-7-14(9-11)21-16-19-12(2)20-17(23-16)22-15-8-4-6-13(18)10-15/h3-10H,1-2H3,(H2,19,20,21,22,23). The minimum Gasteiger partial charge on any atom is -0.324 e. The monoisotopic (exact) mass is 325 g/mol. The second kappa shape index (κ2) is 6.62. The van der Waals surface area contributed by atoms with E-state index in [0.717, 1.165) is 16.9 Å². The summed E-state index contributed by atoms with van der Waals surface area (Å²) in [5.41, 5.74) is 2.92. The van der Waals surface area contributed by atoms with Crippen molar-refractivity contribution in [2.24, 2.45) is 0 Å². The van der Waals surface area contributed by atoms with Crippen LogP contribution in [0.25, 0.3) is 0 Å². The number of halogens is 1. The smallest absolute Gasteiger partial charge is 0.232 e. The summed E-state index contributed by atoms with van der Waals surface area (Å²) in [7, 11) is 0. The van der Waals surface area contributed by atoms with Crippen LogP contribution in [0.1, 0.15) is 11.4 Å². The first-order valence-electron chi connectivity index (χ1n) is 7.17. The average molecular weight is 326 g/mol. The molecule has 5 nitrogen and oxygen atoms in total. The average Bonchev–Trinajstić information content (AvgIpc) is 2.46. The Kier molecular flexibility index (Phi) is 4.39. The third-order valence-electron chi connectivity index (χ3n) is 3.10. The molecule has 0 atom stereocenters. The molecule has 6 heteroatoms. The van der Waals surface area contributed by atoms with E-state index in [-0.39, 0.29) is 0 Å². The molecule has 0 fully saturated rings. The van der Waals surface area contributed by atoms with Crippen molar-refractivity contribution in [2.75, 3.05) is 10.6 Å². The van der Waals surface area contributed by atoms with Crippen LogP contribution in [0.3, 0.4) is 0 Å². The third kappa shape index (κ3) is 4.17. The van der Waals surface area contributed by atoms with Crippen LogP contribution in [-0.2, 0) is 0 Å². The van der Waals surface area contributed by atoms with Gasteiger partial charge in [-0.25, -0.2) is 0 Å². The molecule has 1 aromatic heterocycles. The molecule has 116 valence electrons. The Balaban J connectivity index is 1.84. The van der Waals surface area contributed by atoms with E-state index >= 15 is 0 Å². The summed E-state index contributed by atoms with van der Waals surface area (Å²) in [5, 5.41) is 6.98. The number of hydrogen-bond acceptors (Lipinski definition) is 5. The van der Waals surface area contributed by atoms with Gasteiger partial charge in [0.25, 0.3) is 0 Å². The minimum absolute atomic E-state index is 0.468. The quantitative estimate of drug-likeness (QED) is 0.732. The van der Waals surface area contributed by atoms with Crippen molar-refractivity contribution in [1.29, 1.82) is 0 Å². The summed E-state index contributed by atoms with van der Waals surface area (Å²) in [6.45, 7) is 3.86. The van der Waals surface area contributed by atoms with Gasteiger partial charge in [-0.3, -0.25) is 0 Å². The molecule has 2 N–H and O–H groups in total. The number of aryl methyl sites for hydroxylation is 2. The van der Waals surface area contributed by atoms with Crippen molar-refractivity contribution in [3.63, 3.8) is 0 Å². The van der Waals surface area contributed by atoms with Crippen molar-refractivity contribution < 1.29 is 0 Å². The molecule has 0 saturated heterocycles. The maximum atomic E-state index is 5.99. The molecule has 1 heterocycles. The van der Waals surface area contributed by atoms with E-state index < -0.39 is 0 Å². The van der Waals surface area contributed by atoms with Gasteiger partial charge in [0.05, 0.1) is 0 Å². The second-order valence-electron chi connectivity index (χ2n) is 5.16. The first-order chi connectivity index (χ1) is 11.1. The van der Waals surface area contributed by atoms with Crippen LogP contribution >= 0.6 is 11.6 Å². The van der Waals surface area contributed by atoms with Gasteiger partial charge in [0.2, 0.25) is 11.9 Å².